The summed E-state index contributed by atoms with van der Waals surface area (Å²) in [6.07, 6.45) is 0.192. The van der Waals surface area contributed by atoms with Crippen molar-refractivity contribution in [2.24, 2.45) is 0 Å². The van der Waals surface area contributed by atoms with E-state index in [2.05, 4.69) is 5.32 Å². The van der Waals surface area contributed by atoms with Gasteiger partial charge >= 0.3 is 0 Å². The fraction of sp³-hybridized carbons (Fsp3) is 0.583. The second-order valence-corrected chi connectivity index (χ2v) is 4.40. The molecule has 100 valence electrons. The van der Waals surface area contributed by atoms with Crippen molar-refractivity contribution in [3.8, 4) is 0 Å². The van der Waals surface area contributed by atoms with Gasteiger partial charge in [0, 0.05) is 13.1 Å². The topological polar surface area (TPSA) is 74.9 Å². The number of nitrogens with zero attached hydrogens (tertiary/aromatic N) is 1. The molecule has 2 rings (SSSR count). The molecule has 1 aliphatic rings. The molecule has 18 heavy (non-hydrogen) atoms. The van der Waals surface area contributed by atoms with E-state index in [1.54, 1.807) is 12.1 Å². The van der Waals surface area contributed by atoms with Crippen molar-refractivity contribution in [1.29, 1.82) is 0 Å². The number of ether oxygens (including phenoxy) is 1. The van der Waals surface area contributed by atoms with Gasteiger partial charge in [-0.15, -0.1) is 0 Å². The van der Waals surface area contributed by atoms with Crippen LogP contribution in [-0.2, 0) is 9.53 Å². The summed E-state index contributed by atoms with van der Waals surface area (Å²) in [4.78, 5) is 13.9. The number of aliphatic hydroxyl groups is 1. The minimum Gasteiger partial charge on any atom is -0.467 e. The molecule has 2 unspecified atom stereocenters. The number of nitrogens with one attached hydrogen (secondary N) is 1. The van der Waals surface area contributed by atoms with Gasteiger partial charge in [0.1, 0.15) is 18.0 Å². The number of amides is 1. The van der Waals surface area contributed by atoms with Crippen molar-refractivity contribution < 1.29 is 19.1 Å². The van der Waals surface area contributed by atoms with Crippen LogP contribution in [0.5, 0.6) is 0 Å². The van der Waals surface area contributed by atoms with Crippen LogP contribution >= 0.6 is 0 Å². The smallest absolute Gasteiger partial charge is 0.250 e. The van der Waals surface area contributed by atoms with E-state index in [4.69, 9.17) is 9.15 Å². The number of morpholine rings is 1. The molecule has 2 heterocycles. The third-order valence-electron chi connectivity index (χ3n) is 2.90. The van der Waals surface area contributed by atoms with Crippen molar-refractivity contribution >= 4 is 5.91 Å². The molecule has 0 radical (unpaired) electrons. The van der Waals surface area contributed by atoms with Crippen molar-refractivity contribution in [2.75, 3.05) is 33.3 Å². The number of hydrogen-bond acceptors (Lipinski definition) is 5. The molecule has 6 nitrogen and oxygen atoms in total. The molecule has 0 bridgehead atoms. The van der Waals surface area contributed by atoms with Gasteiger partial charge in [0.15, 0.2) is 0 Å². The van der Waals surface area contributed by atoms with E-state index in [0.717, 1.165) is 6.54 Å². The molecule has 0 spiro atoms. The first-order valence-electron chi connectivity index (χ1n) is 5.96. The Labute approximate surface area is 106 Å². The molecule has 0 aromatic carbocycles. The average molecular weight is 254 g/mol. The lowest BCUT2D eigenvalue weighted by atomic mass is 10.2. The van der Waals surface area contributed by atoms with Crippen LogP contribution in [0.3, 0.4) is 0 Å². The molecule has 2 atom stereocenters. The van der Waals surface area contributed by atoms with Crippen molar-refractivity contribution in [3.05, 3.63) is 24.2 Å². The van der Waals surface area contributed by atoms with Crippen LogP contribution < -0.4 is 5.32 Å². The number of hydrogen-bond donors (Lipinski definition) is 2. The number of aliphatic hydroxyl groups excluding tert-OH is 1. The largest absolute Gasteiger partial charge is 0.467 e. The van der Waals surface area contributed by atoms with Crippen LogP contribution in [0.4, 0.5) is 0 Å². The van der Waals surface area contributed by atoms with Gasteiger partial charge in [-0.05, 0) is 19.2 Å². The number of carbonyl (C=O) groups is 1. The summed E-state index contributed by atoms with van der Waals surface area (Å²) >= 11 is 0. The normalized spacial score (nSPS) is 22.7. The van der Waals surface area contributed by atoms with E-state index >= 15 is 0 Å². The van der Waals surface area contributed by atoms with Crippen molar-refractivity contribution in [2.45, 2.75) is 12.2 Å². The predicted octanol–water partition coefficient (Wildman–Crippen LogP) is -0.240. The maximum atomic E-state index is 11.8. The molecule has 1 aliphatic heterocycles. The maximum absolute atomic E-state index is 11.8. The highest BCUT2D eigenvalue weighted by Gasteiger charge is 2.25. The number of furan rings is 1. The van der Waals surface area contributed by atoms with Crippen LogP contribution in [0, 0.1) is 0 Å². The van der Waals surface area contributed by atoms with E-state index in [1.807, 2.05) is 11.9 Å². The molecule has 1 amide bonds. The molecular weight excluding hydrogens is 236 g/mol. The predicted molar refractivity (Wildman–Crippen MR) is 63.9 cm³/mol. The van der Waals surface area contributed by atoms with Crippen LogP contribution in [-0.4, -0.2) is 55.3 Å². The summed E-state index contributed by atoms with van der Waals surface area (Å²) in [7, 11) is 1.94. The molecule has 0 aliphatic carbocycles. The van der Waals surface area contributed by atoms with E-state index in [-0.39, 0.29) is 12.5 Å². The van der Waals surface area contributed by atoms with Crippen LogP contribution in [0.15, 0.2) is 22.8 Å². The highest BCUT2D eigenvalue weighted by molar-refractivity contribution is 5.81. The summed E-state index contributed by atoms with van der Waals surface area (Å²) in [5.41, 5.74) is 0. The molecule has 1 aromatic rings. The minimum atomic E-state index is -0.828. The number of rotatable bonds is 4. The Hall–Kier alpha value is -1.37. The Morgan fingerprint density at radius 2 is 2.56 bits per heavy atom. The number of carbonyl (C=O) groups excluding carboxylic acids is 1. The fourth-order valence-corrected chi connectivity index (χ4v) is 1.83. The van der Waals surface area contributed by atoms with E-state index in [1.165, 1.54) is 6.26 Å². The Bertz CT molecular complexity index is 379. The van der Waals surface area contributed by atoms with Gasteiger partial charge in [-0.3, -0.25) is 4.79 Å². The zero-order valence-corrected chi connectivity index (χ0v) is 10.3. The highest BCUT2D eigenvalue weighted by atomic mass is 16.5. The second-order valence-electron chi connectivity index (χ2n) is 4.40. The van der Waals surface area contributed by atoms with Crippen LogP contribution in [0.25, 0.3) is 0 Å². The van der Waals surface area contributed by atoms with Crippen LogP contribution in [0.2, 0.25) is 0 Å². The molecule has 6 heteroatoms. The maximum Gasteiger partial charge on any atom is 0.250 e. The second kappa shape index (κ2) is 5.99. The Balaban J connectivity index is 1.77. The fourth-order valence-electron chi connectivity index (χ4n) is 1.83. The highest BCUT2D eigenvalue weighted by Crippen LogP contribution is 2.12. The van der Waals surface area contributed by atoms with Gasteiger partial charge < -0.3 is 24.5 Å². The number of likely N-dealkylation sites (N-methyl/N-ethyl adjacent to an activating group) is 1. The quantitative estimate of drug-likeness (QED) is 0.775. The summed E-state index contributed by atoms with van der Waals surface area (Å²) in [6.45, 7) is 2.08. The summed E-state index contributed by atoms with van der Waals surface area (Å²) < 4.78 is 10.4. The Kier molecular flexibility index (Phi) is 4.35. The first-order chi connectivity index (χ1) is 8.66. The van der Waals surface area contributed by atoms with E-state index in [0.29, 0.717) is 18.9 Å². The summed E-state index contributed by atoms with van der Waals surface area (Å²) in [5.74, 6) is 0.240. The van der Waals surface area contributed by atoms with E-state index in [9.17, 15) is 9.90 Å². The monoisotopic (exact) mass is 254 g/mol. The summed E-state index contributed by atoms with van der Waals surface area (Å²) in [6, 6.07) is 3.36. The lowest BCUT2D eigenvalue weighted by molar-refractivity contribution is -0.138. The lowest BCUT2D eigenvalue weighted by Gasteiger charge is -2.29. The third-order valence-corrected chi connectivity index (χ3v) is 2.90. The molecule has 2 N–H and O–H groups in total. The minimum absolute atomic E-state index is 0.121. The first kappa shape index (κ1) is 13.1. The lowest BCUT2D eigenvalue weighted by Crippen LogP contribution is -2.49. The third kappa shape index (κ3) is 3.32. The average Bonchev–Trinajstić information content (AvgIpc) is 2.89. The van der Waals surface area contributed by atoms with Gasteiger partial charge in [-0.2, -0.15) is 0 Å². The standard InChI is InChI=1S/C12H18N2O4/c1-14-4-6-18-11(8-14)12(16)13-7-9(15)10-3-2-5-17-10/h2-3,5,9,11,15H,4,6-8H2,1H3,(H,13,16). The Morgan fingerprint density at radius 1 is 1.72 bits per heavy atom. The van der Waals surface area contributed by atoms with Gasteiger partial charge in [0.2, 0.25) is 0 Å². The van der Waals surface area contributed by atoms with Crippen molar-refractivity contribution in [1.82, 2.24) is 10.2 Å². The SMILES string of the molecule is CN1CCOC(C(=O)NCC(O)c2ccco2)C1. The van der Waals surface area contributed by atoms with Gasteiger partial charge in [0.05, 0.1) is 19.4 Å². The van der Waals surface area contributed by atoms with Crippen molar-refractivity contribution in [3.63, 3.8) is 0 Å². The molecule has 1 fully saturated rings. The van der Waals surface area contributed by atoms with Crippen LogP contribution in [0.1, 0.15) is 11.9 Å². The van der Waals surface area contributed by atoms with E-state index < -0.39 is 12.2 Å². The van der Waals surface area contributed by atoms with Gasteiger partial charge in [-0.25, -0.2) is 0 Å². The first-order valence-corrected chi connectivity index (χ1v) is 5.96. The Morgan fingerprint density at radius 3 is 3.22 bits per heavy atom. The van der Waals surface area contributed by atoms with Gasteiger partial charge in [0.25, 0.3) is 5.91 Å². The zero-order valence-electron chi connectivity index (χ0n) is 10.3. The molecule has 0 saturated carbocycles. The molecule has 1 aromatic heterocycles. The zero-order chi connectivity index (χ0) is 13.0. The molecule has 1 saturated heterocycles. The van der Waals surface area contributed by atoms with Gasteiger partial charge in [-0.1, -0.05) is 0 Å². The summed E-state index contributed by atoms with van der Waals surface area (Å²) in [5, 5.41) is 12.4. The molecular formula is C12H18N2O4.